The molecule has 49 heavy (non-hydrogen) atoms. The zero-order valence-electron chi connectivity index (χ0n) is 26.4. The van der Waals surface area contributed by atoms with Gasteiger partial charge in [-0.3, -0.25) is 19.4 Å². The number of carbonyl (C=O) groups excluding carboxylic acids is 3. The molecule has 0 aliphatic carbocycles. The van der Waals surface area contributed by atoms with E-state index in [2.05, 4.69) is 25.9 Å². The Kier molecular flexibility index (Phi) is 12.9. The minimum absolute atomic E-state index is 0.0483. The normalized spacial score (nSPS) is 14.6. The van der Waals surface area contributed by atoms with E-state index in [1.165, 1.54) is 11.8 Å². The number of hydrazone groups is 1. The first-order valence-corrected chi connectivity index (χ1v) is 17.5. The minimum atomic E-state index is -1.22. The largest absolute Gasteiger partial charge is 0.447 e. The monoisotopic (exact) mass is 738 g/mol. The topological polar surface area (TPSA) is 126 Å². The second-order valence-electron chi connectivity index (χ2n) is 11.2. The third kappa shape index (κ3) is 11.2. The Labute approximate surface area is 303 Å². The molecule has 3 aromatic carbocycles. The van der Waals surface area contributed by atoms with Crippen molar-refractivity contribution in [3.8, 4) is 0 Å². The number of hydrogen-bond donors (Lipinski definition) is 2. The van der Waals surface area contributed by atoms with E-state index in [-0.39, 0.29) is 18.7 Å². The van der Waals surface area contributed by atoms with Crippen molar-refractivity contribution in [2.45, 2.75) is 50.1 Å². The SMILES string of the molecule is CN1N=C(CCCCc2ccc(NC(=O)Cc3cccc(Cl)c3)nn2)SC1NC(=O)C(OC(=O)Cc1cccc(Cl)c1)c1cccc(Cl)c1. The number of benzene rings is 3. The van der Waals surface area contributed by atoms with Crippen molar-refractivity contribution in [3.63, 3.8) is 0 Å². The Balaban J connectivity index is 1.07. The molecule has 0 saturated carbocycles. The fourth-order valence-electron chi connectivity index (χ4n) is 4.98. The zero-order valence-corrected chi connectivity index (χ0v) is 29.5. The Morgan fingerprint density at radius 1 is 0.837 bits per heavy atom. The molecule has 0 radical (unpaired) electrons. The molecule has 1 aliphatic rings. The number of aryl methyl sites for hydroxylation is 1. The van der Waals surface area contributed by atoms with Crippen LogP contribution in [-0.4, -0.2) is 50.6 Å². The highest BCUT2D eigenvalue weighted by Crippen LogP contribution is 2.28. The number of anilines is 1. The van der Waals surface area contributed by atoms with Gasteiger partial charge in [0.05, 0.1) is 23.6 Å². The van der Waals surface area contributed by atoms with E-state index in [1.54, 1.807) is 84.9 Å². The van der Waals surface area contributed by atoms with Gasteiger partial charge in [-0.1, -0.05) is 83.0 Å². The van der Waals surface area contributed by atoms with Gasteiger partial charge < -0.3 is 15.4 Å². The molecule has 2 heterocycles. The smallest absolute Gasteiger partial charge is 0.311 e. The first kappa shape index (κ1) is 36.1. The molecule has 14 heteroatoms. The number of nitrogens with zero attached hydrogens (tertiary/aromatic N) is 4. The maximum atomic E-state index is 13.5. The van der Waals surface area contributed by atoms with Gasteiger partial charge >= 0.3 is 5.97 Å². The Morgan fingerprint density at radius 3 is 2.14 bits per heavy atom. The predicted molar refractivity (Wildman–Crippen MR) is 194 cm³/mol. The standard InChI is InChI=1S/C35H33Cl3N6O4S/c1-44-35(40-34(47)33(24-9-6-12-27(38)21-24)48-32(46)20-23-8-5-11-26(37)18-23)49-31(43-44)14-3-2-13-28-15-16-29(42-41-28)39-30(45)19-22-7-4-10-25(36)17-22/h4-12,15-18,21,33,35H,2-3,13-14,19-20H2,1H3,(H,40,47)(H,39,42,45). The molecule has 10 nitrogen and oxygen atoms in total. The molecule has 2 unspecified atom stereocenters. The molecule has 1 aliphatic heterocycles. The second-order valence-corrected chi connectivity index (χ2v) is 13.7. The average molecular weight is 740 g/mol. The van der Waals surface area contributed by atoms with E-state index in [0.717, 1.165) is 29.1 Å². The van der Waals surface area contributed by atoms with Gasteiger partial charge in [0.25, 0.3) is 5.91 Å². The highest BCUT2D eigenvalue weighted by atomic mass is 35.5. The van der Waals surface area contributed by atoms with Crippen LogP contribution in [-0.2, 0) is 38.4 Å². The lowest BCUT2D eigenvalue weighted by atomic mass is 10.1. The lowest BCUT2D eigenvalue weighted by Crippen LogP contribution is -2.43. The highest BCUT2D eigenvalue weighted by Gasteiger charge is 2.32. The lowest BCUT2D eigenvalue weighted by molar-refractivity contribution is -0.156. The van der Waals surface area contributed by atoms with Gasteiger partial charge in [-0.05, 0) is 85.3 Å². The molecule has 2 N–H and O–H groups in total. The number of rotatable bonds is 14. The fourth-order valence-corrected chi connectivity index (χ4v) is 6.67. The van der Waals surface area contributed by atoms with E-state index < -0.39 is 23.5 Å². The summed E-state index contributed by atoms with van der Waals surface area (Å²) in [6.07, 6.45) is 2.02. The summed E-state index contributed by atoms with van der Waals surface area (Å²) < 4.78 is 5.69. The van der Waals surface area contributed by atoms with E-state index in [1.807, 2.05) is 12.1 Å². The second kappa shape index (κ2) is 17.5. The van der Waals surface area contributed by atoms with E-state index >= 15 is 0 Å². The number of amides is 2. The maximum absolute atomic E-state index is 13.5. The fraction of sp³-hybridized carbons (Fsp3) is 0.257. The number of nitrogens with one attached hydrogen (secondary N) is 2. The van der Waals surface area contributed by atoms with Crippen molar-refractivity contribution < 1.29 is 19.1 Å². The number of thioether (sulfide) groups is 1. The highest BCUT2D eigenvalue weighted by molar-refractivity contribution is 8.14. The first-order chi connectivity index (χ1) is 23.6. The summed E-state index contributed by atoms with van der Waals surface area (Å²) in [7, 11) is 1.77. The number of aromatic nitrogens is 2. The van der Waals surface area contributed by atoms with Crippen LogP contribution >= 0.6 is 46.6 Å². The van der Waals surface area contributed by atoms with E-state index in [9.17, 15) is 14.4 Å². The van der Waals surface area contributed by atoms with E-state index in [4.69, 9.17) is 39.5 Å². The average Bonchev–Trinajstić information content (AvgIpc) is 3.40. The molecule has 0 bridgehead atoms. The zero-order chi connectivity index (χ0) is 34.8. The number of ether oxygens (including phenoxy) is 1. The van der Waals surface area contributed by atoms with Gasteiger partial charge in [-0.25, -0.2) is 0 Å². The van der Waals surface area contributed by atoms with Gasteiger partial charge in [-0.15, -0.1) is 5.10 Å². The third-order valence-corrected chi connectivity index (χ3v) is 9.22. The van der Waals surface area contributed by atoms with Crippen LogP contribution in [0.2, 0.25) is 15.1 Å². The molecular weight excluding hydrogens is 707 g/mol. The number of halogens is 3. The quantitative estimate of drug-likeness (QED) is 0.102. The third-order valence-electron chi connectivity index (χ3n) is 7.31. The van der Waals surface area contributed by atoms with Crippen LogP contribution in [0, 0.1) is 0 Å². The van der Waals surface area contributed by atoms with Gasteiger partial charge in [-0.2, -0.15) is 10.2 Å². The molecular formula is C35H33Cl3N6O4S. The molecule has 0 spiro atoms. The molecule has 254 valence electrons. The lowest BCUT2D eigenvalue weighted by Gasteiger charge is -2.23. The van der Waals surface area contributed by atoms with Crippen LogP contribution in [0.4, 0.5) is 5.82 Å². The molecule has 2 atom stereocenters. The Hall–Kier alpha value is -4.16. The van der Waals surface area contributed by atoms with Crippen LogP contribution in [0.3, 0.4) is 0 Å². The van der Waals surface area contributed by atoms with Gasteiger partial charge in [0, 0.05) is 27.7 Å². The molecule has 1 aromatic heterocycles. The summed E-state index contributed by atoms with van der Waals surface area (Å²) in [5.74, 6) is -0.889. The molecule has 2 amide bonds. The minimum Gasteiger partial charge on any atom is -0.447 e. The van der Waals surface area contributed by atoms with Crippen molar-refractivity contribution >= 4 is 75.2 Å². The van der Waals surface area contributed by atoms with E-state index in [0.29, 0.717) is 44.9 Å². The first-order valence-electron chi connectivity index (χ1n) is 15.4. The van der Waals surface area contributed by atoms with Crippen LogP contribution in [0.25, 0.3) is 0 Å². The van der Waals surface area contributed by atoms with Crippen molar-refractivity contribution in [1.82, 2.24) is 20.5 Å². The predicted octanol–water partition coefficient (Wildman–Crippen LogP) is 7.25. The number of hydrogen-bond acceptors (Lipinski definition) is 9. The number of carbonyl (C=O) groups is 3. The maximum Gasteiger partial charge on any atom is 0.311 e. The molecule has 4 aromatic rings. The number of esters is 1. The molecule has 5 rings (SSSR count). The van der Waals surface area contributed by atoms with Crippen molar-refractivity contribution in [2.24, 2.45) is 5.10 Å². The summed E-state index contributed by atoms with van der Waals surface area (Å²) in [5, 5.41) is 22.7. The van der Waals surface area contributed by atoms with Crippen molar-refractivity contribution in [2.75, 3.05) is 12.4 Å². The van der Waals surface area contributed by atoms with Crippen LogP contribution in [0.1, 0.15) is 47.8 Å². The summed E-state index contributed by atoms with van der Waals surface area (Å²) >= 11 is 19.7. The molecule has 0 saturated heterocycles. The van der Waals surface area contributed by atoms with Crippen LogP contribution < -0.4 is 10.6 Å². The number of unbranched alkanes of at least 4 members (excludes halogenated alkanes) is 1. The summed E-state index contributed by atoms with van der Waals surface area (Å²) in [6, 6.07) is 24.3. The molecule has 0 fully saturated rings. The van der Waals surface area contributed by atoms with Crippen LogP contribution in [0.5, 0.6) is 0 Å². The van der Waals surface area contributed by atoms with Gasteiger partial charge in [0.15, 0.2) is 11.3 Å². The summed E-state index contributed by atoms with van der Waals surface area (Å²) in [6.45, 7) is 0. The summed E-state index contributed by atoms with van der Waals surface area (Å²) in [5.41, 5.74) is 2.27. The Bertz CT molecular complexity index is 1830. The van der Waals surface area contributed by atoms with Crippen molar-refractivity contribution in [3.05, 3.63) is 122 Å². The van der Waals surface area contributed by atoms with Crippen molar-refractivity contribution in [1.29, 1.82) is 0 Å². The van der Waals surface area contributed by atoms with Crippen LogP contribution in [0.15, 0.2) is 90.0 Å². The summed E-state index contributed by atoms with van der Waals surface area (Å²) in [4.78, 5) is 38.8. The van der Waals surface area contributed by atoms with Gasteiger partial charge in [0.1, 0.15) is 0 Å². The van der Waals surface area contributed by atoms with Gasteiger partial charge in [0.2, 0.25) is 12.0 Å². The Morgan fingerprint density at radius 2 is 1.49 bits per heavy atom.